The van der Waals surface area contributed by atoms with E-state index in [1.807, 2.05) is 0 Å². The Morgan fingerprint density at radius 2 is 1.85 bits per heavy atom. The Morgan fingerprint density at radius 3 is 2.52 bits per heavy atom. The number of carbonyl (C=O) groups excluding carboxylic acids is 2. The summed E-state index contributed by atoms with van der Waals surface area (Å²) in [5.74, 6) is -5.03. The predicted molar refractivity (Wildman–Crippen MR) is 170 cm³/mol. The fourth-order valence-corrected chi connectivity index (χ4v) is 5.58. The van der Waals surface area contributed by atoms with Crippen LogP contribution in [0.4, 0.5) is 13.2 Å². The van der Waals surface area contributed by atoms with E-state index in [0.717, 1.165) is 6.07 Å². The molecule has 0 spiro atoms. The van der Waals surface area contributed by atoms with E-state index in [9.17, 15) is 23.5 Å². The van der Waals surface area contributed by atoms with E-state index in [-0.39, 0.29) is 52.6 Å². The highest BCUT2D eigenvalue weighted by atomic mass is 19.2. The van der Waals surface area contributed by atoms with Gasteiger partial charge in [0.05, 0.1) is 32.4 Å². The Balaban J connectivity index is 1.44. The minimum atomic E-state index is -2.07. The van der Waals surface area contributed by atoms with Crippen molar-refractivity contribution < 1.29 is 37.3 Å². The number of fused-ring (bicyclic) bond motifs is 1. The van der Waals surface area contributed by atoms with Gasteiger partial charge in [-0.15, -0.1) is 0 Å². The normalized spacial score (nSPS) is 14.7. The molecule has 0 bridgehead atoms. The number of nitrogens with two attached hydrogens (primary N) is 1. The maximum Gasteiger partial charge on any atom is 0.251 e. The average Bonchev–Trinajstić information content (AvgIpc) is 3.67. The summed E-state index contributed by atoms with van der Waals surface area (Å²) in [4.78, 5) is 30.4. The van der Waals surface area contributed by atoms with E-state index in [2.05, 4.69) is 15.4 Å². The first-order chi connectivity index (χ1) is 23.0. The molecule has 248 valence electrons. The molecule has 1 atom stereocenters. The van der Waals surface area contributed by atoms with E-state index in [0.29, 0.717) is 29.3 Å². The lowest BCUT2D eigenvalue weighted by molar-refractivity contribution is -0.117. The Hall–Kier alpha value is -5.43. The number of aromatic nitrogens is 3. The summed E-state index contributed by atoms with van der Waals surface area (Å²) in [5, 5.41) is 20.0. The largest absolute Gasteiger partial charge is 0.494 e. The lowest BCUT2D eigenvalue weighted by Crippen LogP contribution is -2.42. The van der Waals surface area contributed by atoms with E-state index in [1.54, 1.807) is 37.3 Å². The SMILES string of the molecule is CCOc1c(CC(N)=O)cc([C@@](O)(CNC(=O)c2cc(OC)c3nn(C4(F)CC4)cc3c2)c2ccccc2)nc1-c1cccc(F)c1F. The molecule has 4 N–H and O–H groups in total. The van der Waals surface area contributed by atoms with E-state index in [4.69, 9.17) is 15.2 Å². The van der Waals surface area contributed by atoms with Gasteiger partial charge in [-0.1, -0.05) is 36.4 Å². The number of alkyl halides is 1. The van der Waals surface area contributed by atoms with Crippen molar-refractivity contribution in [2.24, 2.45) is 5.73 Å². The van der Waals surface area contributed by atoms with E-state index in [1.165, 1.54) is 48.3 Å². The quantitative estimate of drug-likeness (QED) is 0.173. The zero-order chi connectivity index (χ0) is 34.2. The van der Waals surface area contributed by atoms with Gasteiger partial charge in [0.2, 0.25) is 11.7 Å². The van der Waals surface area contributed by atoms with Crippen molar-refractivity contribution >= 4 is 22.7 Å². The number of carbonyl (C=O) groups is 2. The Morgan fingerprint density at radius 1 is 1.10 bits per heavy atom. The minimum Gasteiger partial charge on any atom is -0.494 e. The molecule has 0 unspecified atom stereocenters. The summed E-state index contributed by atoms with van der Waals surface area (Å²) in [6, 6.07) is 16.2. The number of hydrogen-bond donors (Lipinski definition) is 3. The zero-order valence-corrected chi connectivity index (χ0v) is 26.1. The highest BCUT2D eigenvalue weighted by molar-refractivity contribution is 6.00. The molecule has 1 fully saturated rings. The van der Waals surface area contributed by atoms with Crippen LogP contribution in [0.2, 0.25) is 0 Å². The second kappa shape index (κ2) is 12.6. The van der Waals surface area contributed by atoms with Gasteiger partial charge in [-0.05, 0) is 42.8 Å². The van der Waals surface area contributed by atoms with Crippen LogP contribution in [0.5, 0.6) is 11.5 Å². The van der Waals surface area contributed by atoms with Gasteiger partial charge in [0, 0.05) is 41.1 Å². The summed E-state index contributed by atoms with van der Waals surface area (Å²) in [6.45, 7) is 1.31. The van der Waals surface area contributed by atoms with Crippen molar-refractivity contribution in [3.05, 3.63) is 107 Å². The molecule has 2 aromatic heterocycles. The topological polar surface area (TPSA) is 142 Å². The molecule has 0 radical (unpaired) electrons. The third kappa shape index (κ3) is 6.04. The van der Waals surface area contributed by atoms with Crippen molar-refractivity contribution in [1.29, 1.82) is 0 Å². The van der Waals surface area contributed by atoms with Crippen molar-refractivity contribution in [3.63, 3.8) is 0 Å². The van der Waals surface area contributed by atoms with Crippen LogP contribution in [0.3, 0.4) is 0 Å². The zero-order valence-electron chi connectivity index (χ0n) is 26.1. The van der Waals surface area contributed by atoms with Gasteiger partial charge < -0.3 is 25.6 Å². The smallest absolute Gasteiger partial charge is 0.251 e. The van der Waals surface area contributed by atoms with Gasteiger partial charge in [0.15, 0.2) is 11.6 Å². The molecule has 1 aliphatic carbocycles. The fraction of sp³-hybridized carbons (Fsp3) is 0.257. The molecular formula is C35H32F3N5O5. The van der Waals surface area contributed by atoms with Crippen LogP contribution in [0.15, 0.2) is 72.9 Å². The molecule has 0 aliphatic heterocycles. The second-order valence-electron chi connectivity index (χ2n) is 11.5. The average molecular weight is 660 g/mol. The Kier molecular flexibility index (Phi) is 8.56. The van der Waals surface area contributed by atoms with Crippen LogP contribution in [0.25, 0.3) is 22.2 Å². The van der Waals surface area contributed by atoms with Gasteiger partial charge in [-0.25, -0.2) is 22.8 Å². The molecule has 5 aromatic rings. The van der Waals surface area contributed by atoms with E-state index < -0.39 is 41.4 Å². The number of rotatable bonds is 12. The molecule has 6 rings (SSSR count). The molecule has 2 heterocycles. The number of primary amides is 1. The van der Waals surface area contributed by atoms with E-state index >= 15 is 4.39 Å². The number of nitrogens with one attached hydrogen (secondary N) is 1. The third-order valence-electron chi connectivity index (χ3n) is 8.22. The summed E-state index contributed by atoms with van der Waals surface area (Å²) in [5.41, 5.74) is 3.94. The Labute approximate surface area is 273 Å². The molecule has 13 heteroatoms. The summed E-state index contributed by atoms with van der Waals surface area (Å²) >= 11 is 0. The van der Waals surface area contributed by atoms with Crippen LogP contribution in [-0.4, -0.2) is 51.9 Å². The lowest BCUT2D eigenvalue weighted by atomic mass is 9.87. The van der Waals surface area contributed by atoms with Gasteiger partial charge in [-0.3, -0.25) is 9.59 Å². The van der Waals surface area contributed by atoms with Crippen LogP contribution in [0.1, 0.15) is 46.9 Å². The van der Waals surface area contributed by atoms with Crippen molar-refractivity contribution in [1.82, 2.24) is 20.1 Å². The fourth-order valence-electron chi connectivity index (χ4n) is 5.58. The van der Waals surface area contributed by atoms with Crippen LogP contribution >= 0.6 is 0 Å². The first-order valence-electron chi connectivity index (χ1n) is 15.2. The number of nitrogens with zero attached hydrogens (tertiary/aromatic N) is 3. The van der Waals surface area contributed by atoms with Crippen LogP contribution in [-0.2, 0) is 22.6 Å². The number of halogens is 3. The highest BCUT2D eigenvalue weighted by Gasteiger charge is 2.46. The van der Waals surface area contributed by atoms with Gasteiger partial charge >= 0.3 is 0 Å². The minimum absolute atomic E-state index is 0.00815. The number of amides is 2. The first-order valence-corrected chi connectivity index (χ1v) is 15.2. The molecule has 0 saturated heterocycles. The maximum absolute atomic E-state index is 15.2. The molecule has 2 amide bonds. The van der Waals surface area contributed by atoms with Crippen LogP contribution in [0, 0.1) is 11.6 Å². The molecular weight excluding hydrogens is 627 g/mol. The number of ether oxygens (including phenoxy) is 2. The molecule has 1 saturated carbocycles. The second-order valence-corrected chi connectivity index (χ2v) is 11.5. The predicted octanol–water partition coefficient (Wildman–Crippen LogP) is 4.89. The molecule has 3 aromatic carbocycles. The van der Waals surface area contributed by atoms with Crippen LogP contribution < -0.4 is 20.5 Å². The van der Waals surface area contributed by atoms with Crippen molar-refractivity contribution in [2.75, 3.05) is 20.3 Å². The van der Waals surface area contributed by atoms with Crippen molar-refractivity contribution in [3.8, 4) is 22.8 Å². The first kappa shape index (κ1) is 32.5. The molecule has 48 heavy (non-hydrogen) atoms. The third-order valence-corrected chi connectivity index (χ3v) is 8.22. The Bertz CT molecular complexity index is 2030. The summed E-state index contributed by atoms with van der Waals surface area (Å²) in [7, 11) is 1.41. The number of pyridine rings is 1. The molecule has 10 nitrogen and oxygen atoms in total. The standard InChI is InChI=1S/C35H32F3N5O5/c1-3-48-32-20(17-28(39)44)16-27(41-31(32)24-10-7-11-25(36)29(24)37)35(46,23-8-5-4-6-9-23)19-40-33(45)21-14-22-18-43(34(38)12-13-34)42-30(22)26(15-21)47-2/h4-11,14-16,18,46H,3,12-13,17,19H2,1-2H3,(H2,39,44)(H,40,45)/t35-/m1/s1. The lowest BCUT2D eigenvalue weighted by Gasteiger charge is -2.30. The van der Waals surface area contributed by atoms with Gasteiger partial charge in [0.1, 0.15) is 28.3 Å². The summed E-state index contributed by atoms with van der Waals surface area (Å²) < 4.78 is 56.9. The molecule has 1 aliphatic rings. The number of methoxy groups -OCH3 is 1. The van der Waals surface area contributed by atoms with Gasteiger partial charge in [-0.2, -0.15) is 5.10 Å². The van der Waals surface area contributed by atoms with Crippen molar-refractivity contribution in [2.45, 2.75) is 37.6 Å². The highest BCUT2D eigenvalue weighted by Crippen LogP contribution is 2.45. The number of aliphatic hydroxyl groups is 1. The number of benzene rings is 3. The summed E-state index contributed by atoms with van der Waals surface area (Å²) in [6.07, 6.45) is 1.81. The monoisotopic (exact) mass is 659 g/mol. The van der Waals surface area contributed by atoms with Gasteiger partial charge in [0.25, 0.3) is 5.91 Å². The maximum atomic E-state index is 15.2. The number of hydrogen-bond acceptors (Lipinski definition) is 7.